The highest BCUT2D eigenvalue weighted by molar-refractivity contribution is 7.22. The van der Waals surface area contributed by atoms with Gasteiger partial charge < -0.3 is 20.1 Å². The Hall–Kier alpha value is -3.12. The summed E-state index contributed by atoms with van der Waals surface area (Å²) in [6.07, 6.45) is 1.76. The third kappa shape index (κ3) is 3.87. The number of fused-ring (bicyclic) bond motifs is 4. The molecule has 200 valence electrons. The lowest BCUT2D eigenvalue weighted by Gasteiger charge is -2.32. The average Bonchev–Trinajstić information content (AvgIpc) is 3.60. The van der Waals surface area contributed by atoms with Crippen molar-refractivity contribution in [3.05, 3.63) is 29.8 Å². The third-order valence-electron chi connectivity index (χ3n) is 8.00. The number of piperidine rings is 1. The highest BCUT2D eigenvalue weighted by Crippen LogP contribution is 2.48. The van der Waals surface area contributed by atoms with Crippen molar-refractivity contribution in [3.63, 3.8) is 0 Å². The van der Waals surface area contributed by atoms with Gasteiger partial charge in [-0.15, -0.1) is 26.6 Å². The van der Waals surface area contributed by atoms with Crippen LogP contribution in [0.2, 0.25) is 0 Å². The monoisotopic (exact) mass is 544 g/mol. The molecule has 1 atom stereocenters. The molecule has 5 heterocycles. The standard InChI is InChI=1S/C26H27F3N6O2S/c27-26(28,29)17-6-3-7-18-16(17)11-19(38-18)22-31-32-23-20-21(37-14-25(13-36-20)8-1-2-9-25)24(33-35(22)23)34-10-4-5-15(30)12-34/h3,6-7,11,15H,1-2,4-5,8-10,12-14,30H2/t15-/m1/s1. The van der Waals surface area contributed by atoms with Crippen LogP contribution < -0.4 is 20.1 Å². The molecule has 8 nitrogen and oxygen atoms in total. The fourth-order valence-corrected chi connectivity index (χ4v) is 7.06. The fraction of sp³-hybridized carbons (Fsp3) is 0.500. The van der Waals surface area contributed by atoms with E-state index in [4.69, 9.17) is 20.3 Å². The van der Waals surface area contributed by atoms with E-state index in [1.165, 1.54) is 23.5 Å². The number of anilines is 1. The van der Waals surface area contributed by atoms with E-state index in [0.29, 0.717) is 58.1 Å². The lowest BCUT2D eigenvalue weighted by molar-refractivity contribution is -0.136. The fourth-order valence-electron chi connectivity index (χ4n) is 6.01. The molecule has 3 aliphatic rings. The molecule has 3 aromatic heterocycles. The van der Waals surface area contributed by atoms with Gasteiger partial charge in [-0.25, -0.2) is 0 Å². The summed E-state index contributed by atoms with van der Waals surface area (Å²) in [4.78, 5) is 2.65. The van der Waals surface area contributed by atoms with E-state index in [9.17, 15) is 13.2 Å². The van der Waals surface area contributed by atoms with Crippen LogP contribution in [0.5, 0.6) is 11.5 Å². The largest absolute Gasteiger partial charge is 0.486 e. The second-order valence-corrected chi connectivity index (χ2v) is 11.8. The van der Waals surface area contributed by atoms with Crippen LogP contribution in [0, 0.1) is 5.41 Å². The average molecular weight is 545 g/mol. The maximum atomic E-state index is 13.7. The minimum Gasteiger partial charge on any atom is -0.486 e. The maximum absolute atomic E-state index is 13.7. The van der Waals surface area contributed by atoms with E-state index < -0.39 is 11.7 Å². The van der Waals surface area contributed by atoms with Crippen LogP contribution in [-0.4, -0.2) is 52.2 Å². The van der Waals surface area contributed by atoms with Crippen LogP contribution in [0.25, 0.3) is 26.4 Å². The van der Waals surface area contributed by atoms with E-state index in [2.05, 4.69) is 15.1 Å². The number of hydrogen-bond acceptors (Lipinski definition) is 8. The van der Waals surface area contributed by atoms with Gasteiger partial charge in [-0.3, -0.25) is 0 Å². The summed E-state index contributed by atoms with van der Waals surface area (Å²) < 4.78 is 56.0. The molecule has 38 heavy (non-hydrogen) atoms. The van der Waals surface area contributed by atoms with Crippen LogP contribution >= 0.6 is 11.3 Å². The molecular formula is C26H27F3N6O2S. The SMILES string of the molecule is N[C@@H]1CCCN(c2nn3c(-c4cc5c(C(F)(F)F)cccc5s4)nnc3c3c2OCC2(CCCC2)CO3)C1. The molecule has 0 radical (unpaired) electrons. The summed E-state index contributed by atoms with van der Waals surface area (Å²) in [5, 5.41) is 13.8. The zero-order valence-corrected chi connectivity index (χ0v) is 21.4. The molecule has 0 bridgehead atoms. The van der Waals surface area contributed by atoms with Gasteiger partial charge in [0.15, 0.2) is 11.6 Å². The molecule has 7 rings (SSSR count). The van der Waals surface area contributed by atoms with Crippen molar-refractivity contribution in [1.82, 2.24) is 19.8 Å². The number of rotatable bonds is 2. The highest BCUT2D eigenvalue weighted by Gasteiger charge is 2.41. The van der Waals surface area contributed by atoms with E-state index >= 15 is 0 Å². The Kier molecular flexibility index (Phi) is 5.49. The van der Waals surface area contributed by atoms with Crippen LogP contribution in [0.4, 0.5) is 19.0 Å². The topological polar surface area (TPSA) is 90.8 Å². The zero-order valence-electron chi connectivity index (χ0n) is 20.6. The first kappa shape index (κ1) is 24.0. The van der Waals surface area contributed by atoms with Crippen LogP contribution in [-0.2, 0) is 6.18 Å². The Balaban J connectivity index is 1.39. The number of thiophene rings is 1. The molecule has 2 aliphatic heterocycles. The number of halogens is 3. The molecule has 12 heteroatoms. The van der Waals surface area contributed by atoms with E-state index in [1.54, 1.807) is 10.6 Å². The Bertz CT molecular complexity index is 1530. The summed E-state index contributed by atoms with van der Waals surface area (Å²) in [5.41, 5.74) is 5.98. The lowest BCUT2D eigenvalue weighted by Crippen LogP contribution is -2.43. The maximum Gasteiger partial charge on any atom is 0.417 e. The third-order valence-corrected chi connectivity index (χ3v) is 9.10. The lowest BCUT2D eigenvalue weighted by atomic mass is 9.88. The van der Waals surface area contributed by atoms with Gasteiger partial charge in [-0.2, -0.15) is 17.7 Å². The number of hydrogen-bond donors (Lipinski definition) is 1. The van der Waals surface area contributed by atoms with Crippen LogP contribution in [0.1, 0.15) is 44.1 Å². The molecule has 1 aliphatic carbocycles. The van der Waals surface area contributed by atoms with Crippen LogP contribution in [0.15, 0.2) is 24.3 Å². The number of nitrogens with zero attached hydrogens (tertiary/aromatic N) is 5. The van der Waals surface area contributed by atoms with Crippen molar-refractivity contribution in [3.8, 4) is 22.2 Å². The van der Waals surface area contributed by atoms with Crippen LogP contribution in [0.3, 0.4) is 0 Å². The molecule has 1 saturated carbocycles. The molecule has 1 saturated heterocycles. The Morgan fingerprint density at radius 1 is 1.05 bits per heavy atom. The molecule has 0 unspecified atom stereocenters. The second-order valence-electron chi connectivity index (χ2n) is 10.7. The van der Waals surface area contributed by atoms with Gasteiger partial charge in [0.25, 0.3) is 0 Å². The minimum atomic E-state index is -4.46. The van der Waals surface area contributed by atoms with Gasteiger partial charge in [-0.05, 0) is 43.9 Å². The van der Waals surface area contributed by atoms with Gasteiger partial charge in [-0.1, -0.05) is 18.9 Å². The Labute approximate surface area is 220 Å². The van der Waals surface area contributed by atoms with E-state index in [1.807, 2.05) is 0 Å². The number of benzene rings is 1. The predicted octanol–water partition coefficient (Wildman–Crippen LogP) is 5.28. The molecule has 2 fully saturated rings. The Morgan fingerprint density at radius 3 is 2.61 bits per heavy atom. The first-order chi connectivity index (χ1) is 18.3. The number of aromatic nitrogens is 4. The number of alkyl halides is 3. The molecule has 4 aromatic rings. The van der Waals surface area contributed by atoms with Gasteiger partial charge in [0, 0.05) is 34.6 Å². The molecule has 1 spiro atoms. The summed E-state index contributed by atoms with van der Waals surface area (Å²) >= 11 is 1.23. The quantitative estimate of drug-likeness (QED) is 0.367. The van der Waals surface area contributed by atoms with Crippen molar-refractivity contribution in [2.45, 2.75) is 50.7 Å². The first-order valence-electron chi connectivity index (χ1n) is 13.0. The molecular weight excluding hydrogens is 517 g/mol. The first-order valence-corrected chi connectivity index (χ1v) is 13.8. The van der Waals surface area contributed by atoms with Crippen molar-refractivity contribution in [2.24, 2.45) is 11.1 Å². The van der Waals surface area contributed by atoms with Crippen molar-refractivity contribution in [1.29, 1.82) is 0 Å². The van der Waals surface area contributed by atoms with Crippen molar-refractivity contribution >= 4 is 32.9 Å². The Morgan fingerprint density at radius 2 is 1.84 bits per heavy atom. The van der Waals surface area contributed by atoms with E-state index in [-0.39, 0.29) is 16.8 Å². The minimum absolute atomic E-state index is 0.00790. The van der Waals surface area contributed by atoms with Gasteiger partial charge in [0.05, 0.1) is 23.7 Å². The zero-order chi connectivity index (χ0) is 26.1. The molecule has 1 aromatic carbocycles. The summed E-state index contributed by atoms with van der Waals surface area (Å²) in [7, 11) is 0. The summed E-state index contributed by atoms with van der Waals surface area (Å²) in [6.45, 7) is 2.44. The number of ether oxygens (including phenoxy) is 2. The van der Waals surface area contributed by atoms with Crippen molar-refractivity contribution in [2.75, 3.05) is 31.2 Å². The van der Waals surface area contributed by atoms with Crippen molar-refractivity contribution < 1.29 is 22.6 Å². The van der Waals surface area contributed by atoms with Gasteiger partial charge in [0.2, 0.25) is 17.1 Å². The van der Waals surface area contributed by atoms with Gasteiger partial charge in [0.1, 0.15) is 0 Å². The number of nitrogens with two attached hydrogens (primary N) is 1. The van der Waals surface area contributed by atoms with Gasteiger partial charge >= 0.3 is 6.18 Å². The normalized spacial score (nSPS) is 21.5. The molecule has 0 amide bonds. The predicted molar refractivity (Wildman–Crippen MR) is 138 cm³/mol. The smallest absolute Gasteiger partial charge is 0.417 e. The van der Waals surface area contributed by atoms with E-state index in [0.717, 1.165) is 51.1 Å². The summed E-state index contributed by atoms with van der Waals surface area (Å²) in [6, 6.07) is 5.73. The second kappa shape index (κ2) is 8.70. The highest BCUT2D eigenvalue weighted by atomic mass is 32.1. The summed E-state index contributed by atoms with van der Waals surface area (Å²) in [5.74, 6) is 2.00. The molecule has 2 N–H and O–H groups in total.